The first kappa shape index (κ1) is 18.4. The van der Waals surface area contributed by atoms with E-state index in [2.05, 4.69) is 31.4 Å². The average molecular weight is 437 g/mol. The Morgan fingerprint density at radius 1 is 1.27 bits per heavy atom. The van der Waals surface area contributed by atoms with Gasteiger partial charge in [0, 0.05) is 16.5 Å². The first-order valence-corrected chi connectivity index (χ1v) is 9.03. The van der Waals surface area contributed by atoms with E-state index in [1.165, 1.54) is 0 Å². The van der Waals surface area contributed by atoms with Crippen LogP contribution in [0.3, 0.4) is 0 Å². The third kappa shape index (κ3) is 4.62. The van der Waals surface area contributed by atoms with Crippen LogP contribution in [-0.4, -0.2) is 16.0 Å². The molecule has 0 aliphatic rings. The number of carbonyl (C=O) groups is 1. The van der Waals surface area contributed by atoms with E-state index in [9.17, 15) is 4.79 Å². The van der Waals surface area contributed by atoms with Gasteiger partial charge in [0.25, 0.3) is 5.91 Å². The van der Waals surface area contributed by atoms with Crippen molar-refractivity contribution < 1.29 is 14.1 Å². The lowest BCUT2D eigenvalue weighted by molar-refractivity contribution is 0.102. The fourth-order valence-electron chi connectivity index (χ4n) is 2.13. The van der Waals surface area contributed by atoms with Crippen LogP contribution < -0.4 is 10.1 Å². The maximum absolute atomic E-state index is 12.3. The molecule has 1 amide bonds. The predicted octanol–water partition coefficient (Wildman–Crippen LogP) is 4.88. The number of hydrogen-bond acceptors (Lipinski definition) is 5. The van der Waals surface area contributed by atoms with Gasteiger partial charge in [-0.2, -0.15) is 4.98 Å². The van der Waals surface area contributed by atoms with Crippen molar-refractivity contribution in [2.45, 2.75) is 20.0 Å². The molecule has 0 saturated carbocycles. The molecule has 0 bridgehead atoms. The molecule has 0 fully saturated rings. The van der Waals surface area contributed by atoms with E-state index in [-0.39, 0.29) is 12.5 Å². The van der Waals surface area contributed by atoms with Crippen molar-refractivity contribution in [1.82, 2.24) is 10.1 Å². The van der Waals surface area contributed by atoms with E-state index < -0.39 is 0 Å². The van der Waals surface area contributed by atoms with Gasteiger partial charge in [-0.05, 0) is 42.5 Å². The summed E-state index contributed by atoms with van der Waals surface area (Å²) >= 11 is 9.44. The van der Waals surface area contributed by atoms with Crippen LogP contribution in [-0.2, 0) is 13.0 Å². The van der Waals surface area contributed by atoms with Gasteiger partial charge in [0.15, 0.2) is 6.61 Å². The number of anilines is 1. The first-order chi connectivity index (χ1) is 12.5. The van der Waals surface area contributed by atoms with Gasteiger partial charge in [-0.3, -0.25) is 4.79 Å². The van der Waals surface area contributed by atoms with Gasteiger partial charge in [0.1, 0.15) is 5.75 Å². The number of aromatic nitrogens is 2. The highest BCUT2D eigenvalue weighted by atomic mass is 79.9. The van der Waals surface area contributed by atoms with Crippen LogP contribution in [0.4, 0.5) is 5.69 Å². The molecule has 3 rings (SSSR count). The van der Waals surface area contributed by atoms with E-state index in [0.29, 0.717) is 40.2 Å². The first-order valence-electron chi connectivity index (χ1n) is 7.86. The summed E-state index contributed by atoms with van der Waals surface area (Å²) in [5, 5.41) is 7.05. The highest BCUT2D eigenvalue weighted by molar-refractivity contribution is 9.10. The number of halogens is 2. The molecular formula is C18H15BrClN3O3. The second-order valence-corrected chi connectivity index (χ2v) is 6.67. The number of rotatable bonds is 6. The molecule has 0 aliphatic heterocycles. The van der Waals surface area contributed by atoms with Crippen LogP contribution in [0.1, 0.15) is 29.0 Å². The molecule has 2 aromatic carbocycles. The van der Waals surface area contributed by atoms with Crippen molar-refractivity contribution in [2.24, 2.45) is 0 Å². The molecule has 0 radical (unpaired) electrons. The number of hydrogen-bond donors (Lipinski definition) is 1. The SMILES string of the molecule is CCc1nc(COc2ccc(C(=O)Nc3ccc(Br)cc3Cl)cc2)no1. The van der Waals surface area contributed by atoms with Crippen molar-refractivity contribution in [3.05, 3.63) is 69.2 Å². The summed E-state index contributed by atoms with van der Waals surface area (Å²) in [5.41, 5.74) is 1.04. The number of benzene rings is 2. The Morgan fingerprint density at radius 3 is 2.69 bits per heavy atom. The monoisotopic (exact) mass is 435 g/mol. The second kappa shape index (κ2) is 8.33. The highest BCUT2D eigenvalue weighted by Gasteiger charge is 2.10. The van der Waals surface area contributed by atoms with Crippen LogP contribution in [0.2, 0.25) is 5.02 Å². The Labute approximate surface area is 163 Å². The predicted molar refractivity (Wildman–Crippen MR) is 102 cm³/mol. The molecule has 6 nitrogen and oxygen atoms in total. The summed E-state index contributed by atoms with van der Waals surface area (Å²) in [6.45, 7) is 2.13. The molecule has 26 heavy (non-hydrogen) atoms. The fourth-order valence-corrected chi connectivity index (χ4v) is 2.85. The van der Waals surface area contributed by atoms with Crippen molar-refractivity contribution >= 4 is 39.1 Å². The molecule has 0 unspecified atom stereocenters. The molecule has 0 spiro atoms. The standard InChI is InChI=1S/C18H15BrClN3O3/c1-2-17-22-16(23-26-17)10-25-13-6-3-11(4-7-13)18(24)21-15-8-5-12(19)9-14(15)20/h3-9H,2,10H2,1H3,(H,21,24). The zero-order valence-electron chi connectivity index (χ0n) is 13.8. The molecule has 0 atom stereocenters. The van der Waals surface area contributed by atoms with Crippen molar-refractivity contribution in [3.8, 4) is 5.75 Å². The molecule has 0 aliphatic carbocycles. The lowest BCUT2D eigenvalue weighted by atomic mass is 10.2. The maximum atomic E-state index is 12.3. The Hall–Kier alpha value is -2.38. The maximum Gasteiger partial charge on any atom is 0.255 e. The van der Waals surface area contributed by atoms with Crippen LogP contribution in [0, 0.1) is 0 Å². The number of aryl methyl sites for hydroxylation is 1. The molecule has 134 valence electrons. The number of nitrogens with zero attached hydrogens (tertiary/aromatic N) is 2. The Kier molecular flexibility index (Phi) is 5.90. The van der Waals surface area contributed by atoms with Crippen LogP contribution in [0.5, 0.6) is 5.75 Å². The number of nitrogens with one attached hydrogen (secondary N) is 1. The van der Waals surface area contributed by atoms with Gasteiger partial charge >= 0.3 is 0 Å². The van der Waals surface area contributed by atoms with Gasteiger partial charge in [-0.25, -0.2) is 0 Å². The quantitative estimate of drug-likeness (QED) is 0.596. The Morgan fingerprint density at radius 2 is 2.04 bits per heavy atom. The van der Waals surface area contributed by atoms with Crippen molar-refractivity contribution in [3.63, 3.8) is 0 Å². The normalized spacial score (nSPS) is 10.6. The third-order valence-electron chi connectivity index (χ3n) is 3.48. The molecule has 1 aromatic heterocycles. The largest absolute Gasteiger partial charge is 0.485 e. The third-order valence-corrected chi connectivity index (χ3v) is 4.28. The molecule has 1 N–H and O–H groups in total. The zero-order chi connectivity index (χ0) is 18.5. The summed E-state index contributed by atoms with van der Waals surface area (Å²) < 4.78 is 11.5. The number of amides is 1. The topological polar surface area (TPSA) is 77.2 Å². The van der Waals surface area contributed by atoms with Gasteiger partial charge in [0.05, 0.1) is 10.7 Å². The van der Waals surface area contributed by atoms with Crippen molar-refractivity contribution in [2.75, 3.05) is 5.32 Å². The van der Waals surface area contributed by atoms with Gasteiger partial charge < -0.3 is 14.6 Å². The fraction of sp³-hybridized carbons (Fsp3) is 0.167. The second-order valence-electron chi connectivity index (χ2n) is 5.35. The minimum Gasteiger partial charge on any atom is -0.485 e. The smallest absolute Gasteiger partial charge is 0.255 e. The van der Waals surface area contributed by atoms with E-state index in [0.717, 1.165) is 4.47 Å². The zero-order valence-corrected chi connectivity index (χ0v) is 16.2. The lowest BCUT2D eigenvalue weighted by Crippen LogP contribution is -2.12. The van der Waals surface area contributed by atoms with Gasteiger partial charge in [0.2, 0.25) is 11.7 Å². The van der Waals surface area contributed by atoms with Crippen LogP contribution in [0.15, 0.2) is 51.5 Å². The molecule has 1 heterocycles. The molecule has 3 aromatic rings. The van der Waals surface area contributed by atoms with Crippen LogP contribution in [0.25, 0.3) is 0 Å². The molecular weight excluding hydrogens is 422 g/mol. The average Bonchev–Trinajstić information content (AvgIpc) is 3.11. The summed E-state index contributed by atoms with van der Waals surface area (Å²) in [6.07, 6.45) is 0.680. The van der Waals surface area contributed by atoms with E-state index in [1.54, 1.807) is 42.5 Å². The minimum absolute atomic E-state index is 0.198. The van der Waals surface area contributed by atoms with Gasteiger partial charge in [-0.15, -0.1) is 0 Å². The number of carbonyl (C=O) groups excluding carboxylic acids is 1. The summed E-state index contributed by atoms with van der Waals surface area (Å²) in [4.78, 5) is 16.5. The van der Waals surface area contributed by atoms with Crippen LogP contribution >= 0.6 is 27.5 Å². The Balaban J connectivity index is 1.60. The Bertz CT molecular complexity index is 912. The minimum atomic E-state index is -0.258. The highest BCUT2D eigenvalue weighted by Crippen LogP contribution is 2.26. The molecule has 0 saturated heterocycles. The van der Waals surface area contributed by atoms with E-state index in [1.807, 2.05) is 6.92 Å². The number of ether oxygens (including phenoxy) is 1. The van der Waals surface area contributed by atoms with Gasteiger partial charge in [-0.1, -0.05) is 39.6 Å². The summed E-state index contributed by atoms with van der Waals surface area (Å²) in [5.74, 6) is 1.40. The van der Waals surface area contributed by atoms with E-state index in [4.69, 9.17) is 20.9 Å². The van der Waals surface area contributed by atoms with Crippen molar-refractivity contribution in [1.29, 1.82) is 0 Å². The van der Waals surface area contributed by atoms with E-state index >= 15 is 0 Å². The summed E-state index contributed by atoms with van der Waals surface area (Å²) in [6, 6.07) is 12.0. The molecule has 8 heteroatoms. The summed E-state index contributed by atoms with van der Waals surface area (Å²) in [7, 11) is 0. The lowest BCUT2D eigenvalue weighted by Gasteiger charge is -2.08.